The van der Waals surface area contributed by atoms with Gasteiger partial charge >= 0.3 is 5.92 Å². The fraction of sp³-hybridized carbons (Fsp3) is 0.933. The van der Waals surface area contributed by atoms with Crippen molar-refractivity contribution >= 4 is 5.91 Å². The van der Waals surface area contributed by atoms with Gasteiger partial charge in [0.2, 0.25) is 0 Å². The third kappa shape index (κ3) is 3.41. The Bertz CT molecular complexity index is 394. The lowest BCUT2D eigenvalue weighted by Gasteiger charge is -2.42. The van der Waals surface area contributed by atoms with E-state index in [4.69, 9.17) is 0 Å². The number of aliphatic hydroxyl groups is 1. The van der Waals surface area contributed by atoms with Gasteiger partial charge in [-0.3, -0.25) is 9.69 Å². The predicted octanol–water partition coefficient (Wildman–Crippen LogP) is 0.679. The summed E-state index contributed by atoms with van der Waals surface area (Å²) in [6.45, 7) is 8.93. The Kier molecular flexibility index (Phi) is 5.40. The van der Waals surface area contributed by atoms with Gasteiger partial charge in [-0.15, -0.1) is 0 Å². The summed E-state index contributed by atoms with van der Waals surface area (Å²) in [6.07, 6.45) is 0.515. The lowest BCUT2D eigenvalue weighted by atomic mass is 9.75. The molecule has 0 aromatic carbocycles. The largest absolute Gasteiger partial charge is 0.383 e. The standard InChI is InChI=1S/C15H27F2N3O2/c1-3-19-7-9-20(10-8-19)12(2)11-18-13(21)15(16,17)14(22)5-4-6-14/h12,22H,3-11H2,1-2H3,(H,18,21). The minimum atomic E-state index is -3.70. The minimum Gasteiger partial charge on any atom is -0.383 e. The fourth-order valence-corrected chi connectivity index (χ4v) is 3.04. The molecule has 1 heterocycles. The van der Waals surface area contributed by atoms with Crippen molar-refractivity contribution in [3.05, 3.63) is 0 Å². The molecule has 0 aromatic heterocycles. The van der Waals surface area contributed by atoms with E-state index in [-0.39, 0.29) is 25.4 Å². The summed E-state index contributed by atoms with van der Waals surface area (Å²) in [5.74, 6) is -5.06. The molecule has 2 rings (SSSR count). The first-order valence-corrected chi connectivity index (χ1v) is 8.15. The normalized spacial score (nSPS) is 24.6. The van der Waals surface area contributed by atoms with Crippen molar-refractivity contribution in [2.24, 2.45) is 0 Å². The summed E-state index contributed by atoms with van der Waals surface area (Å²) in [5.41, 5.74) is -2.15. The summed E-state index contributed by atoms with van der Waals surface area (Å²) in [7, 11) is 0. The molecular weight excluding hydrogens is 292 g/mol. The average Bonchev–Trinajstić information content (AvgIpc) is 2.49. The van der Waals surface area contributed by atoms with Crippen LogP contribution in [0.4, 0.5) is 8.78 Å². The van der Waals surface area contributed by atoms with E-state index in [0.717, 1.165) is 32.7 Å². The van der Waals surface area contributed by atoms with Crippen LogP contribution >= 0.6 is 0 Å². The number of carbonyl (C=O) groups is 1. The average molecular weight is 319 g/mol. The van der Waals surface area contributed by atoms with E-state index in [1.807, 2.05) is 6.92 Å². The molecule has 1 atom stereocenters. The van der Waals surface area contributed by atoms with Gasteiger partial charge in [-0.1, -0.05) is 6.92 Å². The highest BCUT2D eigenvalue weighted by Gasteiger charge is 2.61. The molecule has 2 N–H and O–H groups in total. The van der Waals surface area contributed by atoms with Crippen LogP contribution in [0.1, 0.15) is 33.1 Å². The number of rotatable bonds is 6. The summed E-state index contributed by atoms with van der Waals surface area (Å²) in [5, 5.41) is 12.1. The van der Waals surface area contributed by atoms with Gasteiger partial charge in [-0.2, -0.15) is 8.78 Å². The van der Waals surface area contributed by atoms with E-state index < -0.39 is 17.4 Å². The molecule has 5 nitrogen and oxygen atoms in total. The molecule has 0 spiro atoms. The molecule has 0 aromatic rings. The topological polar surface area (TPSA) is 55.8 Å². The number of carbonyl (C=O) groups excluding carboxylic acids is 1. The van der Waals surface area contributed by atoms with Crippen molar-refractivity contribution in [3.8, 4) is 0 Å². The van der Waals surface area contributed by atoms with Crippen molar-refractivity contribution in [2.75, 3.05) is 39.3 Å². The van der Waals surface area contributed by atoms with Crippen LogP contribution < -0.4 is 5.32 Å². The molecule has 1 aliphatic carbocycles. The van der Waals surface area contributed by atoms with E-state index in [0.29, 0.717) is 6.42 Å². The van der Waals surface area contributed by atoms with Gasteiger partial charge in [0, 0.05) is 38.8 Å². The maximum absolute atomic E-state index is 14.0. The highest BCUT2D eigenvalue weighted by atomic mass is 19.3. The maximum atomic E-state index is 14.0. The molecule has 22 heavy (non-hydrogen) atoms. The second-order valence-corrected chi connectivity index (χ2v) is 6.49. The zero-order chi connectivity index (χ0) is 16.4. The molecule has 1 amide bonds. The van der Waals surface area contributed by atoms with Gasteiger partial charge in [0.1, 0.15) is 5.60 Å². The maximum Gasteiger partial charge on any atom is 0.352 e. The third-order valence-electron chi connectivity index (χ3n) is 5.09. The van der Waals surface area contributed by atoms with Crippen LogP contribution in [0.5, 0.6) is 0 Å². The number of alkyl halides is 2. The Balaban J connectivity index is 1.78. The van der Waals surface area contributed by atoms with Crippen molar-refractivity contribution in [2.45, 2.75) is 50.7 Å². The quantitative estimate of drug-likeness (QED) is 0.756. The van der Waals surface area contributed by atoms with Gasteiger partial charge in [0.25, 0.3) is 5.91 Å². The number of halogens is 2. The number of likely N-dealkylation sites (N-methyl/N-ethyl adjacent to an activating group) is 1. The SMILES string of the molecule is CCN1CCN(C(C)CNC(=O)C(F)(F)C2(O)CCC2)CC1. The summed E-state index contributed by atoms with van der Waals surface area (Å²) in [6, 6.07) is 0.00906. The van der Waals surface area contributed by atoms with Crippen LogP contribution in [0.15, 0.2) is 0 Å². The lowest BCUT2D eigenvalue weighted by Crippen LogP contribution is -2.61. The van der Waals surface area contributed by atoms with Crippen LogP contribution in [0, 0.1) is 0 Å². The smallest absolute Gasteiger partial charge is 0.352 e. The number of nitrogens with zero attached hydrogens (tertiary/aromatic N) is 2. The molecule has 0 bridgehead atoms. The Hall–Kier alpha value is -0.790. The first-order valence-electron chi connectivity index (χ1n) is 8.15. The number of nitrogens with one attached hydrogen (secondary N) is 1. The molecule has 0 radical (unpaired) electrons. The van der Waals surface area contributed by atoms with Gasteiger partial charge in [0.15, 0.2) is 0 Å². The monoisotopic (exact) mass is 319 g/mol. The zero-order valence-electron chi connectivity index (χ0n) is 13.4. The molecule has 7 heteroatoms. The Morgan fingerprint density at radius 1 is 1.32 bits per heavy atom. The summed E-state index contributed by atoms with van der Waals surface area (Å²) >= 11 is 0. The molecule has 2 fully saturated rings. The van der Waals surface area contributed by atoms with E-state index in [2.05, 4.69) is 22.0 Å². The zero-order valence-corrected chi connectivity index (χ0v) is 13.4. The van der Waals surface area contributed by atoms with Crippen molar-refractivity contribution in [1.82, 2.24) is 15.1 Å². The van der Waals surface area contributed by atoms with Crippen LogP contribution in [0.3, 0.4) is 0 Å². The number of hydrogen-bond acceptors (Lipinski definition) is 4. The molecule has 1 aliphatic heterocycles. The highest BCUT2D eigenvalue weighted by Crippen LogP contribution is 2.44. The molecule has 128 valence electrons. The van der Waals surface area contributed by atoms with Gasteiger partial charge < -0.3 is 15.3 Å². The van der Waals surface area contributed by atoms with Crippen LogP contribution in [-0.2, 0) is 4.79 Å². The Labute approximate surface area is 130 Å². The summed E-state index contributed by atoms with van der Waals surface area (Å²) < 4.78 is 27.9. The van der Waals surface area contributed by atoms with Crippen molar-refractivity contribution in [1.29, 1.82) is 0 Å². The van der Waals surface area contributed by atoms with Crippen LogP contribution in [-0.4, -0.2) is 77.6 Å². The number of piperazine rings is 1. The number of amides is 1. The van der Waals surface area contributed by atoms with Crippen molar-refractivity contribution in [3.63, 3.8) is 0 Å². The summed E-state index contributed by atoms with van der Waals surface area (Å²) in [4.78, 5) is 16.3. The van der Waals surface area contributed by atoms with E-state index in [1.54, 1.807) is 0 Å². The first kappa shape index (κ1) is 17.6. The second kappa shape index (κ2) is 6.76. The fourth-order valence-electron chi connectivity index (χ4n) is 3.04. The Morgan fingerprint density at radius 3 is 2.36 bits per heavy atom. The minimum absolute atomic E-state index is 0.00906. The van der Waals surface area contributed by atoms with Crippen LogP contribution in [0.25, 0.3) is 0 Å². The predicted molar refractivity (Wildman–Crippen MR) is 79.9 cm³/mol. The van der Waals surface area contributed by atoms with E-state index in [1.165, 1.54) is 0 Å². The number of hydrogen-bond donors (Lipinski definition) is 2. The first-order chi connectivity index (χ1) is 10.3. The molecular formula is C15H27F2N3O2. The van der Waals surface area contributed by atoms with E-state index >= 15 is 0 Å². The highest BCUT2D eigenvalue weighted by molar-refractivity contribution is 5.85. The Morgan fingerprint density at radius 2 is 1.91 bits per heavy atom. The molecule has 2 aliphatic rings. The molecule has 1 saturated carbocycles. The molecule has 1 saturated heterocycles. The van der Waals surface area contributed by atoms with Gasteiger partial charge in [0.05, 0.1) is 0 Å². The van der Waals surface area contributed by atoms with Gasteiger partial charge in [-0.05, 0) is 32.7 Å². The van der Waals surface area contributed by atoms with Crippen LogP contribution in [0.2, 0.25) is 0 Å². The van der Waals surface area contributed by atoms with E-state index in [9.17, 15) is 18.7 Å². The second-order valence-electron chi connectivity index (χ2n) is 6.49. The van der Waals surface area contributed by atoms with Gasteiger partial charge in [-0.25, -0.2) is 0 Å². The third-order valence-corrected chi connectivity index (χ3v) is 5.09. The molecule has 1 unspecified atom stereocenters. The van der Waals surface area contributed by atoms with Crippen molar-refractivity contribution < 1.29 is 18.7 Å². The lowest BCUT2D eigenvalue weighted by molar-refractivity contribution is -0.216.